The normalized spacial score (nSPS) is 11.6. The molecule has 1 aromatic carbocycles. The molecule has 0 aliphatic carbocycles. The molecule has 0 bridgehead atoms. The van der Waals surface area contributed by atoms with Crippen molar-refractivity contribution >= 4 is 23.3 Å². The van der Waals surface area contributed by atoms with Crippen LogP contribution in [0, 0.1) is 10.1 Å². The molecular weight excluding hydrogens is 258 g/mol. The number of phenolic OH excluding ortho intramolecular Hbond substituents is 1. The van der Waals surface area contributed by atoms with E-state index < -0.39 is 46.4 Å². The van der Waals surface area contributed by atoms with Crippen molar-refractivity contribution in [2.75, 3.05) is 5.32 Å². The minimum Gasteiger partial charge on any atom is -0.505 e. The second-order valence-electron chi connectivity index (χ2n) is 3.62. The van der Waals surface area contributed by atoms with Gasteiger partial charge in [-0.2, -0.15) is 0 Å². The van der Waals surface area contributed by atoms with Gasteiger partial charge in [0.2, 0.25) is 5.91 Å². The van der Waals surface area contributed by atoms with Gasteiger partial charge in [-0.1, -0.05) is 6.07 Å². The van der Waals surface area contributed by atoms with E-state index in [2.05, 4.69) is 0 Å². The lowest BCUT2D eigenvalue weighted by Gasteiger charge is -2.11. The number of para-hydroxylation sites is 1. The summed E-state index contributed by atoms with van der Waals surface area (Å²) < 4.78 is 0. The second kappa shape index (κ2) is 5.78. The van der Waals surface area contributed by atoms with Crippen LogP contribution < -0.4 is 11.1 Å². The number of benzene rings is 1. The minimum absolute atomic E-state index is 0.418. The molecule has 0 saturated carbocycles. The van der Waals surface area contributed by atoms with Crippen LogP contribution in [0.3, 0.4) is 0 Å². The molecule has 0 radical (unpaired) electrons. The Kier molecular flexibility index (Phi) is 4.37. The van der Waals surface area contributed by atoms with Crippen LogP contribution in [0.25, 0.3) is 0 Å². The number of carbonyl (C=O) groups excluding carboxylic acids is 1. The number of aliphatic carboxylic acids is 1. The molecule has 1 unspecified atom stereocenters. The van der Waals surface area contributed by atoms with E-state index in [9.17, 15) is 24.8 Å². The fraction of sp³-hybridized carbons (Fsp3) is 0.200. The highest BCUT2D eigenvalue weighted by atomic mass is 16.6. The predicted molar refractivity (Wildman–Crippen MR) is 63.6 cm³/mol. The molecule has 0 fully saturated rings. The van der Waals surface area contributed by atoms with Gasteiger partial charge in [0.15, 0.2) is 5.69 Å². The van der Waals surface area contributed by atoms with Crippen molar-refractivity contribution in [3.05, 3.63) is 28.3 Å². The summed E-state index contributed by atoms with van der Waals surface area (Å²) >= 11 is 0. The van der Waals surface area contributed by atoms with Crippen LogP contribution in [0.15, 0.2) is 18.2 Å². The summed E-state index contributed by atoms with van der Waals surface area (Å²) in [7, 11) is 0. The number of nitrogens with one attached hydrogen (secondary N) is 1. The van der Waals surface area contributed by atoms with E-state index >= 15 is 0 Å². The summed E-state index contributed by atoms with van der Waals surface area (Å²) in [6.07, 6.45) is -0.632. The van der Waals surface area contributed by atoms with Crippen LogP contribution in [0.2, 0.25) is 0 Å². The molecule has 1 rings (SSSR count). The standard InChI is InChI=1S/C10H11N3O6/c11-5(4-8(15)16)10(17)12-9-6(13(18)19)2-1-3-7(9)14/h1-3,5,14H,4,11H2,(H,12,17)(H,15,16). The number of hydrogen-bond acceptors (Lipinski definition) is 6. The minimum atomic E-state index is -1.38. The van der Waals surface area contributed by atoms with E-state index in [0.29, 0.717) is 0 Å². The summed E-state index contributed by atoms with van der Waals surface area (Å²) in [6, 6.07) is 2.08. The van der Waals surface area contributed by atoms with Gasteiger partial charge in [0.05, 0.1) is 17.4 Å². The number of phenols is 1. The Bertz CT molecular complexity index is 530. The molecule has 1 aromatic rings. The molecule has 5 N–H and O–H groups in total. The van der Waals surface area contributed by atoms with Crippen molar-refractivity contribution in [2.45, 2.75) is 12.5 Å². The van der Waals surface area contributed by atoms with E-state index in [0.717, 1.165) is 12.1 Å². The third-order valence-corrected chi connectivity index (χ3v) is 2.20. The SMILES string of the molecule is NC(CC(=O)O)C(=O)Nc1c(O)cccc1[N+](=O)[O-]. The molecule has 102 valence electrons. The molecule has 1 amide bonds. The third-order valence-electron chi connectivity index (χ3n) is 2.20. The number of hydrogen-bond donors (Lipinski definition) is 4. The lowest BCUT2D eigenvalue weighted by Crippen LogP contribution is -2.37. The molecular formula is C10H11N3O6. The highest BCUT2D eigenvalue weighted by Crippen LogP contribution is 2.33. The fourth-order valence-electron chi connectivity index (χ4n) is 1.31. The monoisotopic (exact) mass is 269 g/mol. The van der Waals surface area contributed by atoms with Crippen molar-refractivity contribution in [3.8, 4) is 5.75 Å². The van der Waals surface area contributed by atoms with Gasteiger partial charge in [0, 0.05) is 6.07 Å². The van der Waals surface area contributed by atoms with Crippen molar-refractivity contribution in [2.24, 2.45) is 5.73 Å². The van der Waals surface area contributed by atoms with Gasteiger partial charge in [0.1, 0.15) is 5.75 Å². The van der Waals surface area contributed by atoms with Gasteiger partial charge in [-0.3, -0.25) is 19.7 Å². The molecule has 0 spiro atoms. The van der Waals surface area contributed by atoms with E-state index in [4.69, 9.17) is 10.8 Å². The second-order valence-corrected chi connectivity index (χ2v) is 3.62. The van der Waals surface area contributed by atoms with E-state index in [1.54, 1.807) is 0 Å². The van der Waals surface area contributed by atoms with Crippen LogP contribution in [-0.4, -0.2) is 33.1 Å². The number of nitrogens with zero attached hydrogens (tertiary/aromatic N) is 1. The molecule has 9 heteroatoms. The molecule has 1 atom stereocenters. The first-order chi connectivity index (χ1) is 8.82. The first-order valence-electron chi connectivity index (χ1n) is 5.07. The van der Waals surface area contributed by atoms with Crippen LogP contribution >= 0.6 is 0 Å². The number of nitrogens with two attached hydrogens (primary N) is 1. The van der Waals surface area contributed by atoms with Crippen LogP contribution in [0.4, 0.5) is 11.4 Å². The quantitative estimate of drug-likeness (QED) is 0.334. The molecule has 0 saturated heterocycles. The zero-order valence-electron chi connectivity index (χ0n) is 9.57. The zero-order valence-corrected chi connectivity index (χ0v) is 9.57. The molecule has 0 aromatic heterocycles. The zero-order chi connectivity index (χ0) is 14.6. The Balaban J connectivity index is 2.96. The van der Waals surface area contributed by atoms with Gasteiger partial charge in [0.25, 0.3) is 5.69 Å². The van der Waals surface area contributed by atoms with Gasteiger partial charge >= 0.3 is 5.97 Å². The number of aromatic hydroxyl groups is 1. The van der Waals surface area contributed by atoms with Crippen LogP contribution in [0.5, 0.6) is 5.75 Å². The number of nitro benzene ring substituents is 1. The average Bonchev–Trinajstić information content (AvgIpc) is 2.30. The summed E-state index contributed by atoms with van der Waals surface area (Å²) in [5.41, 5.74) is 4.36. The third kappa shape index (κ3) is 3.64. The van der Waals surface area contributed by atoms with Gasteiger partial charge in [-0.25, -0.2) is 0 Å². The molecule has 0 heterocycles. The summed E-state index contributed by atoms with van der Waals surface area (Å²) in [4.78, 5) is 31.9. The fourth-order valence-corrected chi connectivity index (χ4v) is 1.31. The lowest BCUT2D eigenvalue weighted by atomic mass is 10.2. The smallest absolute Gasteiger partial charge is 0.305 e. The summed E-state index contributed by atoms with van der Waals surface area (Å²) in [6.45, 7) is 0. The molecule has 0 aliphatic rings. The highest BCUT2D eigenvalue weighted by molar-refractivity contribution is 5.99. The lowest BCUT2D eigenvalue weighted by molar-refractivity contribution is -0.384. The Morgan fingerprint density at radius 2 is 2.11 bits per heavy atom. The Morgan fingerprint density at radius 3 is 2.63 bits per heavy atom. The van der Waals surface area contributed by atoms with E-state index in [1.165, 1.54) is 6.07 Å². The number of carboxylic acid groups (broad SMARTS) is 1. The predicted octanol–water partition coefficient (Wildman–Crippen LogP) is 0.0409. The van der Waals surface area contributed by atoms with Gasteiger partial charge in [-0.15, -0.1) is 0 Å². The summed E-state index contributed by atoms with van der Waals surface area (Å²) in [5.74, 6) is -2.73. The van der Waals surface area contributed by atoms with Crippen molar-refractivity contribution in [1.29, 1.82) is 0 Å². The van der Waals surface area contributed by atoms with Gasteiger partial charge in [-0.05, 0) is 6.07 Å². The number of nitro groups is 1. The van der Waals surface area contributed by atoms with Crippen molar-refractivity contribution < 1.29 is 24.7 Å². The Hall–Kier alpha value is -2.68. The topological polar surface area (TPSA) is 156 Å². The summed E-state index contributed by atoms with van der Waals surface area (Å²) in [5, 5.41) is 30.7. The largest absolute Gasteiger partial charge is 0.505 e. The maximum Gasteiger partial charge on any atom is 0.305 e. The van der Waals surface area contributed by atoms with Crippen molar-refractivity contribution in [1.82, 2.24) is 0 Å². The highest BCUT2D eigenvalue weighted by Gasteiger charge is 2.23. The maximum absolute atomic E-state index is 11.5. The number of anilines is 1. The van der Waals surface area contributed by atoms with Crippen molar-refractivity contribution in [3.63, 3.8) is 0 Å². The van der Waals surface area contributed by atoms with E-state index in [1.807, 2.05) is 5.32 Å². The number of rotatable bonds is 5. The average molecular weight is 269 g/mol. The Morgan fingerprint density at radius 1 is 1.47 bits per heavy atom. The molecule has 19 heavy (non-hydrogen) atoms. The number of carboxylic acids is 1. The first-order valence-corrected chi connectivity index (χ1v) is 5.07. The molecule has 9 nitrogen and oxygen atoms in total. The maximum atomic E-state index is 11.5. The Labute approximate surface area is 106 Å². The number of carbonyl (C=O) groups is 2. The van der Waals surface area contributed by atoms with E-state index in [-0.39, 0.29) is 0 Å². The first kappa shape index (κ1) is 14.4. The molecule has 0 aliphatic heterocycles. The van der Waals surface area contributed by atoms with Crippen LogP contribution in [-0.2, 0) is 9.59 Å². The van der Waals surface area contributed by atoms with Gasteiger partial charge < -0.3 is 21.3 Å². The van der Waals surface area contributed by atoms with Crippen LogP contribution in [0.1, 0.15) is 6.42 Å². The number of amides is 1.